The molecule has 3 amide bonds. The number of likely N-dealkylation sites (N-methyl/N-ethyl adjacent to an activating group) is 1. The zero-order valence-corrected chi connectivity index (χ0v) is 22.6. The molecule has 10 nitrogen and oxygen atoms in total. The molecule has 42 heavy (non-hydrogen) atoms. The molecule has 4 aromatic rings. The number of urea groups is 1. The van der Waals surface area contributed by atoms with Crippen molar-refractivity contribution in [1.29, 1.82) is 0 Å². The van der Waals surface area contributed by atoms with E-state index in [1.54, 1.807) is 35.3 Å². The van der Waals surface area contributed by atoms with Crippen molar-refractivity contribution >= 4 is 40.3 Å². The number of hydrogen-bond donors (Lipinski definition) is 3. The molecule has 0 radical (unpaired) electrons. The molecule has 0 aliphatic carbocycles. The van der Waals surface area contributed by atoms with Crippen molar-refractivity contribution < 1.29 is 31.9 Å². The minimum absolute atomic E-state index is 0.155. The highest BCUT2D eigenvalue weighted by atomic mass is 19.4. The van der Waals surface area contributed by atoms with Crippen LogP contribution in [0.2, 0.25) is 0 Å². The minimum atomic E-state index is -4.68. The number of benzene rings is 3. The molecule has 3 N–H and O–H groups in total. The number of hydrazine groups is 1. The van der Waals surface area contributed by atoms with E-state index in [9.17, 15) is 27.2 Å². The van der Waals surface area contributed by atoms with E-state index in [2.05, 4.69) is 25.5 Å². The number of anilines is 3. The van der Waals surface area contributed by atoms with E-state index in [0.29, 0.717) is 59.9 Å². The van der Waals surface area contributed by atoms with Crippen molar-refractivity contribution in [2.24, 2.45) is 0 Å². The smallest absolute Gasteiger partial charge is 0.416 e. The Kier molecular flexibility index (Phi) is 8.00. The highest BCUT2D eigenvalue weighted by Gasteiger charge is 2.31. The fourth-order valence-electron chi connectivity index (χ4n) is 4.44. The van der Waals surface area contributed by atoms with Gasteiger partial charge in [0, 0.05) is 44.9 Å². The SMILES string of the molecule is CC(=O)N(c1nc2cc(Oc3ccc(NC(=O)Nc4cc(C(F)(F)F)ccc4F)cc3)ccc2[nH]1)N1CCN(C)CC1. The second-order valence-corrected chi connectivity index (χ2v) is 9.73. The van der Waals surface area contributed by atoms with Gasteiger partial charge in [-0.05, 0) is 61.6 Å². The number of H-pyrrole nitrogens is 1. The number of halogens is 4. The van der Waals surface area contributed by atoms with Crippen molar-refractivity contribution in [3.05, 3.63) is 72.0 Å². The molecule has 0 spiro atoms. The molecular weight excluding hydrogens is 558 g/mol. The minimum Gasteiger partial charge on any atom is -0.457 e. The number of ether oxygens (including phenoxy) is 1. The first kappa shape index (κ1) is 28.8. The van der Waals surface area contributed by atoms with Crippen molar-refractivity contribution in [3.8, 4) is 11.5 Å². The van der Waals surface area contributed by atoms with E-state index < -0.39 is 29.3 Å². The quantitative estimate of drug-likeness (QED) is 0.252. The van der Waals surface area contributed by atoms with Gasteiger partial charge < -0.3 is 25.3 Å². The molecule has 0 bridgehead atoms. The van der Waals surface area contributed by atoms with Crippen molar-refractivity contribution in [2.45, 2.75) is 13.1 Å². The van der Waals surface area contributed by atoms with Gasteiger partial charge in [-0.1, -0.05) is 0 Å². The van der Waals surface area contributed by atoms with Gasteiger partial charge in [-0.15, -0.1) is 0 Å². The monoisotopic (exact) mass is 585 g/mol. The summed E-state index contributed by atoms with van der Waals surface area (Å²) in [6.45, 7) is 4.53. The lowest BCUT2D eigenvalue weighted by Crippen LogP contribution is -2.55. The third kappa shape index (κ3) is 6.61. The van der Waals surface area contributed by atoms with Gasteiger partial charge in [-0.2, -0.15) is 13.2 Å². The van der Waals surface area contributed by atoms with Gasteiger partial charge in [-0.3, -0.25) is 4.79 Å². The number of nitrogens with one attached hydrogen (secondary N) is 3. The molecule has 1 saturated heterocycles. The summed E-state index contributed by atoms with van der Waals surface area (Å²) in [7, 11) is 2.03. The molecule has 14 heteroatoms. The van der Waals surface area contributed by atoms with Crippen LogP contribution in [0.25, 0.3) is 11.0 Å². The number of carbonyl (C=O) groups excluding carboxylic acids is 2. The summed E-state index contributed by atoms with van der Waals surface area (Å²) in [6, 6.07) is 12.3. The maximum atomic E-state index is 13.9. The fraction of sp³-hybridized carbons (Fsp3) is 0.250. The van der Waals surface area contributed by atoms with E-state index >= 15 is 0 Å². The van der Waals surface area contributed by atoms with Crippen LogP contribution in [0.3, 0.4) is 0 Å². The third-order valence-electron chi connectivity index (χ3n) is 6.59. The third-order valence-corrected chi connectivity index (χ3v) is 6.59. The van der Waals surface area contributed by atoms with Crippen LogP contribution in [0.15, 0.2) is 60.7 Å². The summed E-state index contributed by atoms with van der Waals surface area (Å²) in [5, 5.41) is 8.04. The molecule has 0 saturated carbocycles. The predicted molar refractivity (Wildman–Crippen MR) is 149 cm³/mol. The van der Waals surface area contributed by atoms with Gasteiger partial charge in [0.15, 0.2) is 0 Å². The standard InChI is InChI=1S/C28H27F4N7O3/c1-17(40)39(38-13-11-37(2)12-14-38)26-34-23-10-8-21(16-25(23)35-26)42-20-6-4-19(5-7-20)33-27(41)36-24-15-18(28(30,31)32)3-9-22(24)29/h3-10,15-16H,11-14H2,1-2H3,(H,34,35)(H2,33,36,41). The Bertz CT molecular complexity index is 1600. The Morgan fingerprint density at radius 1 is 0.952 bits per heavy atom. The Morgan fingerprint density at radius 2 is 1.64 bits per heavy atom. The van der Waals surface area contributed by atoms with Gasteiger partial charge in [-0.25, -0.2) is 24.2 Å². The summed E-state index contributed by atoms with van der Waals surface area (Å²) >= 11 is 0. The zero-order valence-electron chi connectivity index (χ0n) is 22.6. The summed E-state index contributed by atoms with van der Waals surface area (Å²) in [6.07, 6.45) is -4.68. The molecule has 1 fully saturated rings. The van der Waals surface area contributed by atoms with Crippen molar-refractivity contribution in [3.63, 3.8) is 0 Å². The van der Waals surface area contributed by atoms with Crippen LogP contribution < -0.4 is 20.4 Å². The number of hydrogen-bond acceptors (Lipinski definition) is 6. The lowest BCUT2D eigenvalue weighted by atomic mass is 10.2. The van der Waals surface area contributed by atoms with Gasteiger partial charge >= 0.3 is 12.2 Å². The van der Waals surface area contributed by atoms with E-state index in [-0.39, 0.29) is 5.91 Å². The summed E-state index contributed by atoms with van der Waals surface area (Å²) in [5.74, 6) is 0.169. The Balaban J connectivity index is 1.23. The maximum absolute atomic E-state index is 13.9. The normalized spacial score (nSPS) is 14.5. The number of carbonyl (C=O) groups is 2. The first-order valence-corrected chi connectivity index (χ1v) is 12.9. The number of fused-ring (bicyclic) bond motifs is 1. The second kappa shape index (κ2) is 11.7. The molecule has 0 atom stereocenters. The molecule has 1 aliphatic heterocycles. The molecule has 3 aromatic carbocycles. The van der Waals surface area contributed by atoms with Crippen LogP contribution in [0, 0.1) is 5.82 Å². The number of amides is 3. The Labute approximate surface area is 237 Å². The van der Waals surface area contributed by atoms with Crippen LogP contribution in [0.4, 0.5) is 39.7 Å². The largest absolute Gasteiger partial charge is 0.457 e. The number of aromatic nitrogens is 2. The summed E-state index contributed by atoms with van der Waals surface area (Å²) in [4.78, 5) is 34.7. The maximum Gasteiger partial charge on any atom is 0.416 e. The number of piperazine rings is 1. The van der Waals surface area contributed by atoms with E-state index in [4.69, 9.17) is 4.74 Å². The van der Waals surface area contributed by atoms with Gasteiger partial charge in [0.2, 0.25) is 11.9 Å². The number of imidazole rings is 1. The lowest BCUT2D eigenvalue weighted by molar-refractivity contribution is -0.137. The Morgan fingerprint density at radius 3 is 2.31 bits per heavy atom. The fourth-order valence-corrected chi connectivity index (χ4v) is 4.44. The van der Waals surface area contributed by atoms with Crippen LogP contribution in [-0.4, -0.2) is 65.0 Å². The number of alkyl halides is 3. The second-order valence-electron chi connectivity index (χ2n) is 9.73. The average molecular weight is 586 g/mol. The number of rotatable bonds is 6. The van der Waals surface area contributed by atoms with E-state index in [1.807, 2.05) is 12.1 Å². The first-order valence-electron chi connectivity index (χ1n) is 12.9. The van der Waals surface area contributed by atoms with Crippen molar-refractivity contribution in [1.82, 2.24) is 19.9 Å². The first-order chi connectivity index (χ1) is 20.0. The summed E-state index contributed by atoms with van der Waals surface area (Å²) < 4.78 is 58.6. The highest BCUT2D eigenvalue weighted by Crippen LogP contribution is 2.32. The predicted octanol–water partition coefficient (Wildman–Crippen LogP) is 5.67. The molecule has 0 unspecified atom stereocenters. The van der Waals surface area contributed by atoms with Crippen LogP contribution in [0.5, 0.6) is 11.5 Å². The van der Waals surface area contributed by atoms with E-state index in [1.165, 1.54) is 19.1 Å². The molecule has 220 valence electrons. The Hall–Kier alpha value is -4.69. The topological polar surface area (TPSA) is 106 Å². The van der Waals surface area contributed by atoms with Crippen LogP contribution >= 0.6 is 0 Å². The van der Waals surface area contributed by atoms with Gasteiger partial charge in [0.05, 0.1) is 22.3 Å². The van der Waals surface area contributed by atoms with Crippen molar-refractivity contribution in [2.75, 3.05) is 48.9 Å². The average Bonchev–Trinajstić information content (AvgIpc) is 3.34. The number of aromatic amines is 1. The van der Waals surface area contributed by atoms with Gasteiger partial charge in [0.1, 0.15) is 17.3 Å². The highest BCUT2D eigenvalue weighted by molar-refractivity contribution is 6.00. The number of nitrogens with zero attached hydrogens (tertiary/aromatic N) is 4. The molecule has 1 aromatic heterocycles. The van der Waals surface area contributed by atoms with Crippen LogP contribution in [-0.2, 0) is 11.0 Å². The molecule has 5 rings (SSSR count). The molecule has 2 heterocycles. The molecular formula is C28H27F4N7O3. The van der Waals surface area contributed by atoms with Crippen LogP contribution in [0.1, 0.15) is 12.5 Å². The molecule has 1 aliphatic rings. The summed E-state index contributed by atoms with van der Waals surface area (Å²) in [5.41, 5.74) is -0.0710. The van der Waals surface area contributed by atoms with E-state index in [0.717, 1.165) is 18.6 Å². The zero-order chi connectivity index (χ0) is 30.0. The lowest BCUT2D eigenvalue weighted by Gasteiger charge is -2.38. The van der Waals surface area contributed by atoms with Gasteiger partial charge in [0.25, 0.3) is 0 Å².